The van der Waals surface area contributed by atoms with Crippen molar-refractivity contribution in [2.24, 2.45) is 5.73 Å². The second kappa shape index (κ2) is 7.85. The molecule has 0 heterocycles. The Morgan fingerprint density at radius 3 is 2.19 bits per heavy atom. The molecule has 1 rings (SSSR count). The minimum absolute atomic E-state index is 0.0307. The number of hydrogen-bond acceptors (Lipinski definition) is 2. The van der Waals surface area contributed by atoms with E-state index in [-0.39, 0.29) is 5.78 Å². The topological polar surface area (TPSA) is 43.1 Å². The molecule has 2 N–H and O–H groups in total. The van der Waals surface area contributed by atoms with E-state index >= 15 is 0 Å². The van der Waals surface area contributed by atoms with Crippen LogP contribution in [0.25, 0.3) is 6.08 Å². The summed E-state index contributed by atoms with van der Waals surface area (Å²) in [7, 11) is 0. The number of carbonyl (C=O) groups is 1. The van der Waals surface area contributed by atoms with Crippen molar-refractivity contribution in [1.29, 1.82) is 0 Å². The molecule has 0 radical (unpaired) electrons. The average Bonchev–Trinajstić information content (AvgIpc) is 2.47. The van der Waals surface area contributed by atoms with Gasteiger partial charge in [-0.15, -0.1) is 0 Å². The highest BCUT2D eigenvalue weighted by Gasteiger charge is 2.16. The van der Waals surface area contributed by atoms with Crippen LogP contribution in [0.2, 0.25) is 0 Å². The van der Waals surface area contributed by atoms with E-state index in [0.29, 0.717) is 11.1 Å². The van der Waals surface area contributed by atoms with Crippen molar-refractivity contribution < 1.29 is 4.79 Å². The van der Waals surface area contributed by atoms with Gasteiger partial charge in [0.2, 0.25) is 0 Å². The molecule has 0 aromatic heterocycles. The first-order chi connectivity index (χ1) is 10.0. The number of rotatable bonds is 6. The van der Waals surface area contributed by atoms with E-state index in [1.807, 2.05) is 26.0 Å². The van der Waals surface area contributed by atoms with Crippen LogP contribution in [0.1, 0.15) is 29.8 Å². The van der Waals surface area contributed by atoms with Crippen LogP contribution in [0.4, 0.5) is 0 Å². The van der Waals surface area contributed by atoms with Crippen molar-refractivity contribution in [2.45, 2.75) is 13.8 Å². The second-order valence-corrected chi connectivity index (χ2v) is 4.75. The third-order valence-electron chi connectivity index (χ3n) is 3.00. The number of hydrogen-bond donors (Lipinski definition) is 1. The molecule has 0 aliphatic carbocycles. The first-order valence-corrected chi connectivity index (χ1v) is 6.71. The molecule has 1 aromatic carbocycles. The number of ketones is 1. The monoisotopic (exact) mass is 279 g/mol. The SMILES string of the molecule is C=C/C=C(\C=C/N)C(C(=O)c1ccc(C=C)cc1)=C(C)C. The number of carbonyl (C=O) groups excluding carboxylic acids is 1. The summed E-state index contributed by atoms with van der Waals surface area (Å²) >= 11 is 0. The van der Waals surface area contributed by atoms with Crippen LogP contribution in [-0.4, -0.2) is 5.78 Å². The molecular weight excluding hydrogens is 258 g/mol. The fourth-order valence-electron chi connectivity index (χ4n) is 2.01. The van der Waals surface area contributed by atoms with Crippen molar-refractivity contribution in [3.63, 3.8) is 0 Å². The smallest absolute Gasteiger partial charge is 0.193 e. The highest BCUT2D eigenvalue weighted by molar-refractivity contribution is 6.12. The maximum atomic E-state index is 12.7. The Hall–Kier alpha value is -2.61. The highest BCUT2D eigenvalue weighted by atomic mass is 16.1. The first-order valence-electron chi connectivity index (χ1n) is 6.71. The van der Waals surface area contributed by atoms with E-state index in [9.17, 15) is 4.79 Å². The predicted molar refractivity (Wildman–Crippen MR) is 90.8 cm³/mol. The Labute approximate surface area is 126 Å². The largest absolute Gasteiger partial charge is 0.405 e. The molecular formula is C19H21NO. The summed E-state index contributed by atoms with van der Waals surface area (Å²) in [5.41, 5.74) is 9.42. The van der Waals surface area contributed by atoms with E-state index in [1.54, 1.807) is 36.4 Å². The lowest BCUT2D eigenvalue weighted by molar-refractivity contribution is 0.103. The van der Waals surface area contributed by atoms with Gasteiger partial charge >= 0.3 is 0 Å². The van der Waals surface area contributed by atoms with Crippen molar-refractivity contribution in [1.82, 2.24) is 0 Å². The van der Waals surface area contributed by atoms with Crippen LogP contribution in [0.5, 0.6) is 0 Å². The van der Waals surface area contributed by atoms with Crippen LogP contribution in [0, 0.1) is 0 Å². The van der Waals surface area contributed by atoms with Crippen LogP contribution in [0.3, 0.4) is 0 Å². The molecule has 2 nitrogen and oxygen atoms in total. The van der Waals surface area contributed by atoms with E-state index in [0.717, 1.165) is 16.7 Å². The summed E-state index contributed by atoms with van der Waals surface area (Å²) < 4.78 is 0. The fourth-order valence-corrected chi connectivity index (χ4v) is 2.01. The molecule has 21 heavy (non-hydrogen) atoms. The van der Waals surface area contributed by atoms with Gasteiger partial charge in [0.25, 0.3) is 0 Å². The molecule has 0 aliphatic rings. The van der Waals surface area contributed by atoms with Crippen LogP contribution < -0.4 is 5.73 Å². The van der Waals surface area contributed by atoms with Gasteiger partial charge in [-0.05, 0) is 37.3 Å². The summed E-state index contributed by atoms with van der Waals surface area (Å²) in [6, 6.07) is 7.36. The standard InChI is InChI=1S/C19H21NO/c1-5-7-16(12-13-20)18(14(3)4)19(21)17-10-8-15(6-2)9-11-17/h5-13H,1-2,20H2,3-4H3/b13-12-,16-7+. The Balaban J connectivity index is 3.31. The van der Waals surface area contributed by atoms with Gasteiger partial charge in [0.15, 0.2) is 5.78 Å². The number of benzene rings is 1. The molecule has 0 aliphatic heterocycles. The zero-order chi connectivity index (χ0) is 15.8. The van der Waals surface area contributed by atoms with Crippen molar-refractivity contribution in [2.75, 3.05) is 0 Å². The zero-order valence-electron chi connectivity index (χ0n) is 12.6. The first kappa shape index (κ1) is 16.4. The molecule has 0 unspecified atom stereocenters. The Morgan fingerprint density at radius 1 is 1.14 bits per heavy atom. The molecule has 2 heteroatoms. The molecule has 0 bridgehead atoms. The molecule has 0 saturated carbocycles. The summed E-state index contributed by atoms with van der Waals surface area (Å²) in [6.07, 6.45) is 8.30. The number of allylic oxidation sites excluding steroid dienone is 6. The molecule has 1 aromatic rings. The predicted octanol–water partition coefficient (Wildman–Crippen LogP) is 4.43. The lowest BCUT2D eigenvalue weighted by Gasteiger charge is -2.11. The van der Waals surface area contributed by atoms with Crippen molar-refractivity contribution in [3.8, 4) is 0 Å². The number of nitrogens with two attached hydrogens (primary N) is 1. The highest BCUT2D eigenvalue weighted by Crippen LogP contribution is 2.22. The van der Waals surface area contributed by atoms with Crippen LogP contribution in [-0.2, 0) is 0 Å². The summed E-state index contributed by atoms with van der Waals surface area (Å²) in [4.78, 5) is 12.7. The van der Waals surface area contributed by atoms with Gasteiger partial charge in [-0.25, -0.2) is 0 Å². The third kappa shape index (κ3) is 4.18. The maximum absolute atomic E-state index is 12.7. The van der Waals surface area contributed by atoms with E-state index < -0.39 is 0 Å². The van der Waals surface area contributed by atoms with Crippen LogP contribution in [0.15, 0.2) is 78.6 Å². The maximum Gasteiger partial charge on any atom is 0.193 e. The van der Waals surface area contributed by atoms with Gasteiger partial charge in [-0.1, -0.05) is 61.2 Å². The van der Waals surface area contributed by atoms with Gasteiger partial charge in [0.05, 0.1) is 0 Å². The second-order valence-electron chi connectivity index (χ2n) is 4.75. The Bertz CT molecular complexity index is 624. The van der Waals surface area contributed by atoms with Gasteiger partial charge < -0.3 is 5.73 Å². The van der Waals surface area contributed by atoms with E-state index in [4.69, 9.17) is 5.73 Å². The minimum atomic E-state index is -0.0307. The van der Waals surface area contributed by atoms with Gasteiger partial charge in [-0.3, -0.25) is 4.79 Å². The normalized spacial score (nSPS) is 11.2. The van der Waals surface area contributed by atoms with Crippen molar-refractivity contribution in [3.05, 3.63) is 89.7 Å². The average molecular weight is 279 g/mol. The number of Topliss-reactive ketones (excluding diaryl/α,β-unsaturated/α-hetero) is 1. The summed E-state index contributed by atoms with van der Waals surface area (Å²) in [5, 5.41) is 0. The molecule has 0 fully saturated rings. The quantitative estimate of drug-likeness (QED) is 0.475. The van der Waals surface area contributed by atoms with Crippen LogP contribution >= 0.6 is 0 Å². The molecule has 0 spiro atoms. The van der Waals surface area contributed by atoms with Crippen molar-refractivity contribution >= 4 is 11.9 Å². The van der Waals surface area contributed by atoms with Gasteiger partial charge in [0.1, 0.15) is 0 Å². The van der Waals surface area contributed by atoms with E-state index in [1.165, 1.54) is 6.20 Å². The zero-order valence-corrected chi connectivity index (χ0v) is 12.6. The van der Waals surface area contributed by atoms with Gasteiger partial charge in [0, 0.05) is 11.1 Å². The fraction of sp³-hybridized carbons (Fsp3) is 0.105. The lowest BCUT2D eigenvalue weighted by atomic mass is 9.92. The van der Waals surface area contributed by atoms with E-state index in [2.05, 4.69) is 13.2 Å². The minimum Gasteiger partial charge on any atom is -0.405 e. The molecule has 0 saturated heterocycles. The Kier molecular flexibility index (Phi) is 6.15. The summed E-state index contributed by atoms with van der Waals surface area (Å²) in [6.45, 7) is 11.2. The molecule has 108 valence electrons. The third-order valence-corrected chi connectivity index (χ3v) is 3.00. The van der Waals surface area contributed by atoms with Gasteiger partial charge in [-0.2, -0.15) is 0 Å². The summed E-state index contributed by atoms with van der Waals surface area (Å²) in [5.74, 6) is -0.0307. The molecule has 0 amide bonds. The molecule has 0 atom stereocenters. The Morgan fingerprint density at radius 2 is 1.76 bits per heavy atom. The lowest BCUT2D eigenvalue weighted by Crippen LogP contribution is -2.07.